The Morgan fingerprint density at radius 3 is 2.19 bits per heavy atom. The molecule has 1 unspecified atom stereocenters. The van der Waals surface area contributed by atoms with Gasteiger partial charge in [0.25, 0.3) is 10.1 Å². The van der Waals surface area contributed by atoms with E-state index < -0.39 is 27.8 Å². The minimum atomic E-state index is -4.23. The molecule has 2 N–H and O–H groups in total. The fraction of sp³-hybridized carbons (Fsp3) is 0.900. The van der Waals surface area contributed by atoms with Crippen molar-refractivity contribution in [2.45, 2.75) is 57.1 Å². The summed E-state index contributed by atoms with van der Waals surface area (Å²) >= 11 is 0. The number of carboxylic acids is 1. The molecular weight excluding hydrogens is 232 g/mol. The topological polar surface area (TPSA) is 91.7 Å². The van der Waals surface area contributed by atoms with Crippen molar-refractivity contribution in [2.24, 2.45) is 0 Å². The standard InChI is InChI=1S/C10H20O5S/c1-2-3-4-5-6-7-9(8-10(11)12)16(13,14)15/h9H,2-8H2,1H3,(H,11,12)(H,13,14,15). The van der Waals surface area contributed by atoms with Gasteiger partial charge in [-0.1, -0.05) is 39.0 Å². The molecule has 0 rings (SSSR count). The molecule has 0 aromatic rings. The predicted molar refractivity (Wildman–Crippen MR) is 61.0 cm³/mol. The highest BCUT2D eigenvalue weighted by atomic mass is 32.2. The molecule has 0 aromatic carbocycles. The van der Waals surface area contributed by atoms with Gasteiger partial charge in [-0.2, -0.15) is 8.42 Å². The molecule has 16 heavy (non-hydrogen) atoms. The number of carboxylic acid groups (broad SMARTS) is 1. The highest BCUT2D eigenvalue weighted by Crippen LogP contribution is 2.15. The zero-order valence-electron chi connectivity index (χ0n) is 9.55. The number of hydrogen-bond acceptors (Lipinski definition) is 3. The largest absolute Gasteiger partial charge is 0.481 e. The first-order valence-electron chi connectivity index (χ1n) is 5.56. The van der Waals surface area contributed by atoms with Crippen LogP contribution in [0, 0.1) is 0 Å². The summed E-state index contributed by atoms with van der Waals surface area (Å²) in [6, 6.07) is 0. The second-order valence-electron chi connectivity index (χ2n) is 3.94. The Kier molecular flexibility index (Phi) is 7.33. The molecule has 0 bridgehead atoms. The molecule has 96 valence electrons. The van der Waals surface area contributed by atoms with Crippen LogP contribution < -0.4 is 0 Å². The van der Waals surface area contributed by atoms with Crippen molar-refractivity contribution in [3.63, 3.8) is 0 Å². The Hall–Kier alpha value is -0.620. The van der Waals surface area contributed by atoms with Gasteiger partial charge in [0, 0.05) is 0 Å². The summed E-state index contributed by atoms with van der Waals surface area (Å²) in [4.78, 5) is 10.4. The monoisotopic (exact) mass is 252 g/mol. The maximum atomic E-state index is 10.9. The Morgan fingerprint density at radius 2 is 1.75 bits per heavy atom. The molecule has 0 fully saturated rings. The van der Waals surface area contributed by atoms with Gasteiger partial charge in [-0.15, -0.1) is 0 Å². The molecule has 0 aliphatic heterocycles. The Bertz CT molecular complexity index is 296. The van der Waals surface area contributed by atoms with Crippen molar-refractivity contribution >= 4 is 16.1 Å². The molecule has 0 spiro atoms. The molecule has 1 atom stereocenters. The van der Waals surface area contributed by atoms with Gasteiger partial charge >= 0.3 is 5.97 Å². The van der Waals surface area contributed by atoms with E-state index in [0.717, 1.165) is 25.7 Å². The second-order valence-corrected chi connectivity index (χ2v) is 5.63. The van der Waals surface area contributed by atoms with Gasteiger partial charge in [0.1, 0.15) is 0 Å². The van der Waals surface area contributed by atoms with E-state index in [1.165, 1.54) is 0 Å². The van der Waals surface area contributed by atoms with E-state index in [2.05, 4.69) is 6.92 Å². The smallest absolute Gasteiger partial charge is 0.304 e. The number of carbonyl (C=O) groups is 1. The highest BCUT2D eigenvalue weighted by molar-refractivity contribution is 7.86. The number of unbranched alkanes of at least 4 members (excludes halogenated alkanes) is 4. The van der Waals surface area contributed by atoms with Crippen LogP contribution in [0.1, 0.15) is 51.9 Å². The maximum Gasteiger partial charge on any atom is 0.304 e. The summed E-state index contributed by atoms with van der Waals surface area (Å²) in [7, 11) is -4.23. The molecule has 0 saturated carbocycles. The molecule has 0 radical (unpaired) electrons. The first-order valence-corrected chi connectivity index (χ1v) is 7.06. The van der Waals surface area contributed by atoms with Crippen LogP contribution in [0.3, 0.4) is 0 Å². The Morgan fingerprint density at radius 1 is 1.19 bits per heavy atom. The van der Waals surface area contributed by atoms with Gasteiger partial charge in [-0.05, 0) is 6.42 Å². The quantitative estimate of drug-likeness (QED) is 0.484. The SMILES string of the molecule is CCCCCCCC(CC(=O)O)S(=O)(=O)O. The molecule has 0 amide bonds. The number of aliphatic carboxylic acids is 1. The fourth-order valence-electron chi connectivity index (χ4n) is 1.53. The minimum absolute atomic E-state index is 0.217. The first kappa shape index (κ1) is 15.4. The molecule has 0 aliphatic carbocycles. The average molecular weight is 252 g/mol. The molecule has 6 heteroatoms. The van der Waals surface area contributed by atoms with E-state index in [4.69, 9.17) is 9.66 Å². The van der Waals surface area contributed by atoms with Crippen molar-refractivity contribution in [1.82, 2.24) is 0 Å². The van der Waals surface area contributed by atoms with E-state index in [9.17, 15) is 13.2 Å². The molecule has 5 nitrogen and oxygen atoms in total. The van der Waals surface area contributed by atoms with Crippen molar-refractivity contribution in [3.05, 3.63) is 0 Å². The minimum Gasteiger partial charge on any atom is -0.481 e. The van der Waals surface area contributed by atoms with Crippen LogP contribution in [0.25, 0.3) is 0 Å². The third kappa shape index (κ3) is 7.64. The van der Waals surface area contributed by atoms with Gasteiger partial charge in [-0.25, -0.2) is 0 Å². The van der Waals surface area contributed by atoms with Crippen LogP contribution >= 0.6 is 0 Å². The Labute approximate surface area is 96.6 Å². The average Bonchev–Trinajstić information content (AvgIpc) is 2.13. The molecule has 0 heterocycles. The van der Waals surface area contributed by atoms with Crippen LogP contribution in [-0.2, 0) is 14.9 Å². The molecule has 0 saturated heterocycles. The zero-order chi connectivity index (χ0) is 12.6. The summed E-state index contributed by atoms with van der Waals surface area (Å²) in [6.07, 6.45) is 4.41. The molecular formula is C10H20O5S. The highest BCUT2D eigenvalue weighted by Gasteiger charge is 2.25. The van der Waals surface area contributed by atoms with Crippen molar-refractivity contribution in [2.75, 3.05) is 0 Å². The molecule has 0 aromatic heterocycles. The van der Waals surface area contributed by atoms with Crippen molar-refractivity contribution in [3.8, 4) is 0 Å². The summed E-state index contributed by atoms with van der Waals surface area (Å²) in [5, 5.41) is 7.35. The van der Waals surface area contributed by atoms with Gasteiger partial charge in [0.15, 0.2) is 0 Å². The van der Waals surface area contributed by atoms with E-state index in [-0.39, 0.29) is 6.42 Å². The first-order chi connectivity index (χ1) is 7.38. The lowest BCUT2D eigenvalue weighted by atomic mass is 10.1. The van der Waals surface area contributed by atoms with E-state index in [1.807, 2.05) is 0 Å². The van der Waals surface area contributed by atoms with Crippen LogP contribution in [-0.4, -0.2) is 29.3 Å². The van der Waals surface area contributed by atoms with Crippen LogP contribution in [0.4, 0.5) is 0 Å². The summed E-state index contributed by atoms with van der Waals surface area (Å²) < 4.78 is 30.6. The fourth-order valence-corrected chi connectivity index (χ4v) is 2.34. The van der Waals surface area contributed by atoms with Crippen molar-refractivity contribution < 1.29 is 22.9 Å². The number of hydrogen-bond donors (Lipinski definition) is 2. The third-order valence-electron chi connectivity index (χ3n) is 2.45. The molecule has 0 aliphatic rings. The second kappa shape index (κ2) is 7.62. The van der Waals surface area contributed by atoms with Gasteiger partial charge in [0.2, 0.25) is 0 Å². The van der Waals surface area contributed by atoms with Crippen LogP contribution in [0.5, 0.6) is 0 Å². The van der Waals surface area contributed by atoms with Gasteiger partial charge < -0.3 is 5.11 Å². The van der Waals surface area contributed by atoms with Crippen LogP contribution in [0.2, 0.25) is 0 Å². The Balaban J connectivity index is 3.99. The predicted octanol–water partition coefficient (Wildman–Crippen LogP) is 2.08. The lowest BCUT2D eigenvalue weighted by Gasteiger charge is -2.10. The van der Waals surface area contributed by atoms with E-state index in [1.54, 1.807) is 0 Å². The third-order valence-corrected chi connectivity index (χ3v) is 3.70. The van der Waals surface area contributed by atoms with E-state index in [0.29, 0.717) is 6.42 Å². The summed E-state index contributed by atoms with van der Waals surface area (Å²) in [5.41, 5.74) is 0. The number of rotatable bonds is 9. The summed E-state index contributed by atoms with van der Waals surface area (Å²) in [5.74, 6) is -1.20. The van der Waals surface area contributed by atoms with E-state index >= 15 is 0 Å². The lowest BCUT2D eigenvalue weighted by molar-refractivity contribution is -0.137. The van der Waals surface area contributed by atoms with Crippen LogP contribution in [0.15, 0.2) is 0 Å². The summed E-state index contributed by atoms with van der Waals surface area (Å²) in [6.45, 7) is 2.07. The lowest BCUT2D eigenvalue weighted by Crippen LogP contribution is -2.23. The zero-order valence-corrected chi connectivity index (χ0v) is 10.4. The van der Waals surface area contributed by atoms with Gasteiger partial charge in [0.05, 0.1) is 11.7 Å². The van der Waals surface area contributed by atoms with Gasteiger partial charge in [-0.3, -0.25) is 9.35 Å². The van der Waals surface area contributed by atoms with Crippen molar-refractivity contribution in [1.29, 1.82) is 0 Å². The maximum absolute atomic E-state index is 10.9. The normalized spacial score (nSPS) is 13.6.